The molecule has 6 nitrogen and oxygen atoms in total. The lowest BCUT2D eigenvalue weighted by atomic mass is 10.5. The molecule has 0 unspecified atom stereocenters. The van der Waals surface area contributed by atoms with Gasteiger partial charge >= 0.3 is 12.1 Å². The molecule has 0 radical (unpaired) electrons. The van der Waals surface area contributed by atoms with Gasteiger partial charge in [-0.2, -0.15) is 0 Å². The highest BCUT2D eigenvalue weighted by Gasteiger charge is 2.05. The van der Waals surface area contributed by atoms with Gasteiger partial charge in [-0.3, -0.25) is 0 Å². The molecule has 0 amide bonds. The van der Waals surface area contributed by atoms with E-state index in [0.29, 0.717) is 0 Å². The van der Waals surface area contributed by atoms with Crippen LogP contribution in [0, 0.1) is 0 Å². The van der Waals surface area contributed by atoms with Gasteiger partial charge in [0.15, 0.2) is 0 Å². The molecule has 0 saturated carbocycles. The van der Waals surface area contributed by atoms with Crippen molar-refractivity contribution in [1.82, 2.24) is 9.55 Å². The van der Waals surface area contributed by atoms with E-state index in [9.17, 15) is 9.59 Å². The molecule has 13 heavy (non-hydrogen) atoms. The van der Waals surface area contributed by atoms with Crippen LogP contribution in [-0.2, 0) is 4.79 Å². The number of hydrogen-bond donors (Lipinski definition) is 2. The zero-order valence-corrected chi connectivity index (χ0v) is 6.41. The highest BCUT2D eigenvalue weighted by Crippen LogP contribution is 1.99. The third-order valence-corrected chi connectivity index (χ3v) is 1.25. The summed E-state index contributed by atoms with van der Waals surface area (Å²) in [7, 11) is 0. The first-order valence-electron chi connectivity index (χ1n) is 3.29. The second-order valence-corrected chi connectivity index (χ2v) is 2.11. The maximum atomic E-state index is 10.5. The molecular weight excluding hydrogens is 176 g/mol. The molecule has 0 spiro atoms. The Kier molecular flexibility index (Phi) is 2.44. The summed E-state index contributed by atoms with van der Waals surface area (Å²) in [6.07, 6.45) is 3.22. The van der Waals surface area contributed by atoms with Crippen LogP contribution in [0.25, 0.3) is 6.08 Å². The quantitative estimate of drug-likeness (QED) is 0.650. The van der Waals surface area contributed by atoms with Crippen LogP contribution in [0.4, 0.5) is 4.79 Å². The summed E-state index contributed by atoms with van der Waals surface area (Å²) in [5.41, 5.74) is 0. The average molecular weight is 182 g/mol. The van der Waals surface area contributed by atoms with E-state index < -0.39 is 12.1 Å². The average Bonchev–Trinajstić information content (AvgIpc) is 2.47. The predicted octanol–water partition coefficient (Wildman–Crippen LogP) is 0.507. The first kappa shape index (κ1) is 8.98. The van der Waals surface area contributed by atoms with E-state index in [2.05, 4.69) is 4.98 Å². The van der Waals surface area contributed by atoms with Crippen molar-refractivity contribution in [3.8, 4) is 0 Å². The summed E-state index contributed by atoms with van der Waals surface area (Å²) >= 11 is 0. The van der Waals surface area contributed by atoms with Crippen molar-refractivity contribution in [1.29, 1.82) is 0 Å². The largest absolute Gasteiger partial charge is 0.478 e. The highest BCUT2D eigenvalue weighted by molar-refractivity contribution is 5.85. The van der Waals surface area contributed by atoms with Gasteiger partial charge in [0.05, 0.1) is 0 Å². The van der Waals surface area contributed by atoms with Gasteiger partial charge in [0.1, 0.15) is 5.82 Å². The lowest BCUT2D eigenvalue weighted by Gasteiger charge is -1.94. The summed E-state index contributed by atoms with van der Waals surface area (Å²) in [4.78, 5) is 24.2. The van der Waals surface area contributed by atoms with E-state index in [-0.39, 0.29) is 5.82 Å². The van der Waals surface area contributed by atoms with Crippen LogP contribution in [0.15, 0.2) is 18.5 Å². The minimum Gasteiger partial charge on any atom is -0.478 e. The molecule has 0 fully saturated rings. The highest BCUT2D eigenvalue weighted by atomic mass is 16.4. The van der Waals surface area contributed by atoms with E-state index in [4.69, 9.17) is 10.2 Å². The van der Waals surface area contributed by atoms with Gasteiger partial charge < -0.3 is 10.2 Å². The minimum atomic E-state index is -1.21. The number of aliphatic carboxylic acids is 1. The molecule has 0 aromatic carbocycles. The Labute approximate surface area is 72.8 Å². The molecule has 2 N–H and O–H groups in total. The van der Waals surface area contributed by atoms with Crippen LogP contribution in [0.5, 0.6) is 0 Å². The van der Waals surface area contributed by atoms with Crippen molar-refractivity contribution >= 4 is 18.1 Å². The Hall–Kier alpha value is -2.11. The molecule has 0 saturated heterocycles. The minimum absolute atomic E-state index is 0.0647. The molecule has 1 heterocycles. The Morgan fingerprint density at radius 1 is 1.46 bits per heavy atom. The molecule has 0 aliphatic carbocycles. The molecule has 0 bridgehead atoms. The molecule has 68 valence electrons. The zero-order valence-electron chi connectivity index (χ0n) is 6.41. The molecule has 0 atom stereocenters. The second-order valence-electron chi connectivity index (χ2n) is 2.11. The fourth-order valence-corrected chi connectivity index (χ4v) is 0.746. The maximum Gasteiger partial charge on any atom is 0.417 e. The normalized spacial score (nSPS) is 10.5. The Bertz CT molecular complexity index is 366. The number of hydrogen-bond acceptors (Lipinski definition) is 3. The van der Waals surface area contributed by atoms with Crippen LogP contribution < -0.4 is 0 Å². The third kappa shape index (κ3) is 2.16. The van der Waals surface area contributed by atoms with Gasteiger partial charge in [-0.1, -0.05) is 0 Å². The summed E-state index contributed by atoms with van der Waals surface area (Å²) in [5.74, 6) is -1.09. The van der Waals surface area contributed by atoms with Crippen molar-refractivity contribution in [2.24, 2.45) is 0 Å². The number of rotatable bonds is 2. The number of carboxylic acids is 1. The summed E-state index contributed by atoms with van der Waals surface area (Å²) in [6.45, 7) is 0. The van der Waals surface area contributed by atoms with Crippen LogP contribution in [0.3, 0.4) is 0 Å². The first-order chi connectivity index (χ1) is 6.11. The summed E-state index contributed by atoms with van der Waals surface area (Å²) < 4.78 is 0.819. The zero-order chi connectivity index (χ0) is 9.84. The summed E-state index contributed by atoms with van der Waals surface area (Å²) in [6, 6.07) is 0. The second kappa shape index (κ2) is 3.53. The fraction of sp³-hybridized carbons (Fsp3) is 0. The van der Waals surface area contributed by atoms with Gasteiger partial charge in [-0.15, -0.1) is 0 Å². The Balaban J connectivity index is 2.95. The van der Waals surface area contributed by atoms with E-state index in [1.54, 1.807) is 0 Å². The molecular formula is C7H6N2O4. The number of nitrogens with zero attached hydrogens (tertiary/aromatic N) is 2. The molecule has 6 heteroatoms. The molecule has 1 rings (SSSR count). The number of aromatic nitrogens is 2. The van der Waals surface area contributed by atoms with Crippen molar-refractivity contribution in [2.75, 3.05) is 0 Å². The standard InChI is InChI=1S/C7H6N2O4/c10-6(11)2-1-5-8-3-4-9(5)7(12)13/h1-4H,(H,10,11)(H,12,13). The lowest BCUT2D eigenvalue weighted by molar-refractivity contribution is -0.131. The van der Waals surface area contributed by atoms with E-state index in [0.717, 1.165) is 16.7 Å². The number of imidazole rings is 1. The molecule has 0 aliphatic heterocycles. The lowest BCUT2D eigenvalue weighted by Crippen LogP contribution is -2.08. The molecule has 1 aromatic rings. The van der Waals surface area contributed by atoms with Crippen LogP contribution in [0.2, 0.25) is 0 Å². The van der Waals surface area contributed by atoms with E-state index >= 15 is 0 Å². The fourth-order valence-electron chi connectivity index (χ4n) is 0.746. The van der Waals surface area contributed by atoms with Crippen LogP contribution >= 0.6 is 0 Å². The SMILES string of the molecule is O=C(O)C=Cc1nccn1C(=O)O. The Morgan fingerprint density at radius 3 is 2.69 bits per heavy atom. The molecule has 0 aliphatic rings. The topological polar surface area (TPSA) is 92.4 Å². The van der Waals surface area contributed by atoms with Crippen LogP contribution in [0.1, 0.15) is 5.82 Å². The van der Waals surface area contributed by atoms with Crippen molar-refractivity contribution < 1.29 is 19.8 Å². The van der Waals surface area contributed by atoms with Crippen LogP contribution in [-0.4, -0.2) is 31.8 Å². The third-order valence-electron chi connectivity index (χ3n) is 1.25. The first-order valence-corrected chi connectivity index (χ1v) is 3.29. The van der Waals surface area contributed by atoms with Gasteiger partial charge in [0.25, 0.3) is 0 Å². The summed E-state index contributed by atoms with van der Waals surface area (Å²) in [5, 5.41) is 16.8. The number of carbonyl (C=O) groups is 2. The van der Waals surface area contributed by atoms with Gasteiger partial charge in [-0.05, 0) is 6.08 Å². The van der Waals surface area contributed by atoms with Gasteiger partial charge in [0.2, 0.25) is 0 Å². The van der Waals surface area contributed by atoms with E-state index in [1.807, 2.05) is 0 Å². The van der Waals surface area contributed by atoms with Crippen molar-refractivity contribution in [3.63, 3.8) is 0 Å². The maximum absolute atomic E-state index is 10.5. The van der Waals surface area contributed by atoms with Crippen molar-refractivity contribution in [2.45, 2.75) is 0 Å². The molecule has 1 aromatic heterocycles. The monoisotopic (exact) mass is 182 g/mol. The van der Waals surface area contributed by atoms with E-state index in [1.165, 1.54) is 12.4 Å². The van der Waals surface area contributed by atoms with Crippen molar-refractivity contribution in [3.05, 3.63) is 24.3 Å². The number of carboxylic acid groups (broad SMARTS) is 2. The van der Waals surface area contributed by atoms with Gasteiger partial charge in [0, 0.05) is 18.5 Å². The van der Waals surface area contributed by atoms with Gasteiger partial charge in [-0.25, -0.2) is 19.1 Å². The smallest absolute Gasteiger partial charge is 0.417 e. The predicted molar refractivity (Wildman–Crippen MR) is 42.3 cm³/mol. The Morgan fingerprint density at radius 2 is 2.15 bits per heavy atom.